The highest BCUT2D eigenvalue weighted by Gasteiger charge is 2.13. The summed E-state index contributed by atoms with van der Waals surface area (Å²) in [6.07, 6.45) is 0. The summed E-state index contributed by atoms with van der Waals surface area (Å²) in [4.78, 5) is 15.3. The first-order chi connectivity index (χ1) is 11.1. The molecule has 6 nitrogen and oxygen atoms in total. The summed E-state index contributed by atoms with van der Waals surface area (Å²) in [5.41, 5.74) is 0.834. The van der Waals surface area contributed by atoms with Crippen molar-refractivity contribution in [3.8, 4) is 17.1 Å². The van der Waals surface area contributed by atoms with Gasteiger partial charge in [0, 0.05) is 10.6 Å². The van der Waals surface area contributed by atoms with Crippen molar-refractivity contribution in [3.63, 3.8) is 0 Å². The van der Waals surface area contributed by atoms with Gasteiger partial charge in [-0.2, -0.15) is 4.98 Å². The third kappa shape index (κ3) is 3.49. The Bertz CT molecular complexity index is 830. The van der Waals surface area contributed by atoms with E-state index in [1.54, 1.807) is 42.5 Å². The number of carboxylic acids is 1. The van der Waals surface area contributed by atoms with Crippen LogP contribution in [0.3, 0.4) is 0 Å². The molecule has 3 aromatic rings. The lowest BCUT2D eigenvalue weighted by atomic mass is 10.2. The number of hydrogen-bond acceptors (Lipinski definition) is 5. The molecule has 0 atom stereocenters. The number of rotatable bonds is 5. The van der Waals surface area contributed by atoms with Gasteiger partial charge in [0.15, 0.2) is 6.61 Å². The molecule has 1 heterocycles. The van der Waals surface area contributed by atoms with Crippen LogP contribution in [0.2, 0.25) is 5.02 Å². The van der Waals surface area contributed by atoms with Crippen molar-refractivity contribution in [2.45, 2.75) is 6.61 Å². The third-order valence-electron chi connectivity index (χ3n) is 3.04. The summed E-state index contributed by atoms with van der Waals surface area (Å²) in [6, 6.07) is 13.4. The zero-order valence-electron chi connectivity index (χ0n) is 11.8. The average molecular weight is 331 g/mol. The van der Waals surface area contributed by atoms with Crippen LogP contribution in [0.5, 0.6) is 5.75 Å². The van der Waals surface area contributed by atoms with Gasteiger partial charge in [-0.05, 0) is 36.4 Å². The standard InChI is InChI=1S/C16H11ClN2O4/c17-11-7-5-10(6-8-11)15-18-14(23-19-15)9-22-13-4-2-1-3-12(13)16(20)21/h1-8H,9H2,(H,20,21). The van der Waals surface area contributed by atoms with E-state index < -0.39 is 5.97 Å². The maximum absolute atomic E-state index is 11.1. The van der Waals surface area contributed by atoms with Gasteiger partial charge in [0.25, 0.3) is 5.89 Å². The lowest BCUT2D eigenvalue weighted by Gasteiger charge is -2.05. The second kappa shape index (κ2) is 6.50. The molecule has 0 unspecified atom stereocenters. The summed E-state index contributed by atoms with van der Waals surface area (Å²) < 4.78 is 10.6. The number of aromatic carboxylic acids is 1. The van der Waals surface area contributed by atoms with Gasteiger partial charge >= 0.3 is 5.97 Å². The van der Waals surface area contributed by atoms with E-state index in [1.165, 1.54) is 6.07 Å². The number of para-hydroxylation sites is 1. The molecule has 0 aliphatic heterocycles. The Hall–Kier alpha value is -2.86. The van der Waals surface area contributed by atoms with Gasteiger partial charge in [0.05, 0.1) is 0 Å². The minimum Gasteiger partial charge on any atom is -0.483 e. The van der Waals surface area contributed by atoms with Crippen molar-refractivity contribution >= 4 is 17.6 Å². The minimum atomic E-state index is -1.06. The number of benzene rings is 2. The van der Waals surface area contributed by atoms with Crippen molar-refractivity contribution in [3.05, 3.63) is 65.0 Å². The Labute approximate surface area is 136 Å². The van der Waals surface area contributed by atoms with Gasteiger partial charge in [0.1, 0.15) is 11.3 Å². The summed E-state index contributed by atoms with van der Waals surface area (Å²) in [7, 11) is 0. The fraction of sp³-hybridized carbons (Fsp3) is 0.0625. The van der Waals surface area contributed by atoms with Gasteiger partial charge in [-0.25, -0.2) is 4.79 Å². The van der Waals surface area contributed by atoms with E-state index in [1.807, 2.05) is 0 Å². The molecule has 3 rings (SSSR count). The van der Waals surface area contributed by atoms with Crippen LogP contribution >= 0.6 is 11.6 Å². The fourth-order valence-corrected chi connectivity index (χ4v) is 2.06. The van der Waals surface area contributed by atoms with Gasteiger partial charge < -0.3 is 14.4 Å². The molecule has 23 heavy (non-hydrogen) atoms. The maximum atomic E-state index is 11.1. The monoisotopic (exact) mass is 330 g/mol. The van der Waals surface area contributed by atoms with E-state index in [9.17, 15) is 4.79 Å². The Morgan fingerprint density at radius 1 is 1.17 bits per heavy atom. The quantitative estimate of drug-likeness (QED) is 0.768. The summed E-state index contributed by atoms with van der Waals surface area (Å²) in [5, 5.41) is 13.6. The second-order valence-electron chi connectivity index (χ2n) is 4.61. The topological polar surface area (TPSA) is 85.5 Å². The summed E-state index contributed by atoms with van der Waals surface area (Å²) in [6.45, 7) is -0.0229. The zero-order chi connectivity index (χ0) is 16.2. The SMILES string of the molecule is O=C(O)c1ccccc1OCc1nc(-c2ccc(Cl)cc2)no1. The molecule has 0 saturated carbocycles. The van der Waals surface area contributed by atoms with Crippen molar-refractivity contribution in [2.24, 2.45) is 0 Å². The third-order valence-corrected chi connectivity index (χ3v) is 3.29. The van der Waals surface area contributed by atoms with Crippen molar-refractivity contribution in [1.29, 1.82) is 0 Å². The van der Waals surface area contributed by atoms with Crippen LogP contribution < -0.4 is 4.74 Å². The molecule has 7 heteroatoms. The van der Waals surface area contributed by atoms with Crippen LogP contribution in [0.4, 0.5) is 0 Å². The Morgan fingerprint density at radius 2 is 1.91 bits per heavy atom. The minimum absolute atomic E-state index is 0.0229. The number of hydrogen-bond donors (Lipinski definition) is 1. The zero-order valence-corrected chi connectivity index (χ0v) is 12.5. The van der Waals surface area contributed by atoms with Crippen molar-refractivity contribution < 1.29 is 19.2 Å². The first-order valence-corrected chi connectivity index (χ1v) is 7.05. The van der Waals surface area contributed by atoms with Crippen LogP contribution in [0.25, 0.3) is 11.4 Å². The normalized spacial score (nSPS) is 10.5. The lowest BCUT2D eigenvalue weighted by Crippen LogP contribution is -2.03. The lowest BCUT2D eigenvalue weighted by molar-refractivity contribution is 0.0691. The molecule has 0 amide bonds. The van der Waals surface area contributed by atoms with Crippen LogP contribution in [0, 0.1) is 0 Å². The van der Waals surface area contributed by atoms with Crippen molar-refractivity contribution in [2.75, 3.05) is 0 Å². The number of aromatic nitrogens is 2. The molecule has 0 aliphatic rings. The van der Waals surface area contributed by atoms with E-state index in [4.69, 9.17) is 26.0 Å². The number of nitrogens with zero attached hydrogens (tertiary/aromatic N) is 2. The molecule has 0 bridgehead atoms. The first kappa shape index (κ1) is 15.1. The molecule has 0 aliphatic carbocycles. The smallest absolute Gasteiger partial charge is 0.339 e. The number of carboxylic acid groups (broad SMARTS) is 1. The summed E-state index contributed by atoms with van der Waals surface area (Å²) in [5.74, 6) is -0.166. The molecular weight excluding hydrogens is 320 g/mol. The largest absolute Gasteiger partial charge is 0.483 e. The predicted molar refractivity (Wildman–Crippen MR) is 82.5 cm³/mol. The van der Waals surface area contributed by atoms with E-state index >= 15 is 0 Å². The van der Waals surface area contributed by atoms with Gasteiger partial charge in [-0.1, -0.05) is 28.9 Å². The molecule has 2 aromatic carbocycles. The maximum Gasteiger partial charge on any atom is 0.339 e. The van der Waals surface area contributed by atoms with E-state index in [0.29, 0.717) is 10.8 Å². The predicted octanol–water partition coefficient (Wildman–Crippen LogP) is 3.67. The van der Waals surface area contributed by atoms with E-state index in [2.05, 4.69) is 10.1 Å². The van der Waals surface area contributed by atoms with Crippen LogP contribution in [-0.4, -0.2) is 21.2 Å². The van der Waals surface area contributed by atoms with E-state index in [0.717, 1.165) is 5.56 Å². The molecule has 0 saturated heterocycles. The molecular formula is C16H11ClN2O4. The Balaban J connectivity index is 1.73. The van der Waals surface area contributed by atoms with Gasteiger partial charge in [0.2, 0.25) is 5.82 Å². The molecule has 0 fully saturated rings. The summed E-state index contributed by atoms with van der Waals surface area (Å²) >= 11 is 5.83. The van der Waals surface area contributed by atoms with Crippen LogP contribution in [-0.2, 0) is 6.61 Å². The highest BCUT2D eigenvalue weighted by molar-refractivity contribution is 6.30. The number of ether oxygens (including phenoxy) is 1. The van der Waals surface area contributed by atoms with Crippen LogP contribution in [0.1, 0.15) is 16.2 Å². The number of halogens is 1. The van der Waals surface area contributed by atoms with Crippen LogP contribution in [0.15, 0.2) is 53.1 Å². The highest BCUT2D eigenvalue weighted by Crippen LogP contribution is 2.21. The number of carbonyl (C=O) groups is 1. The Kier molecular flexibility index (Phi) is 4.25. The fourth-order valence-electron chi connectivity index (χ4n) is 1.94. The molecule has 1 N–H and O–H groups in total. The highest BCUT2D eigenvalue weighted by atomic mass is 35.5. The van der Waals surface area contributed by atoms with Crippen molar-refractivity contribution in [1.82, 2.24) is 10.1 Å². The van der Waals surface area contributed by atoms with Gasteiger partial charge in [-0.15, -0.1) is 0 Å². The average Bonchev–Trinajstić information content (AvgIpc) is 3.03. The molecule has 116 valence electrons. The van der Waals surface area contributed by atoms with Gasteiger partial charge in [-0.3, -0.25) is 0 Å². The first-order valence-electron chi connectivity index (χ1n) is 6.67. The molecule has 1 aromatic heterocycles. The Morgan fingerprint density at radius 3 is 2.65 bits per heavy atom. The second-order valence-corrected chi connectivity index (χ2v) is 5.05. The van der Waals surface area contributed by atoms with E-state index in [-0.39, 0.29) is 23.8 Å². The molecule has 0 radical (unpaired) electrons. The molecule has 0 spiro atoms.